The molecule has 0 radical (unpaired) electrons. The molecule has 0 spiro atoms. The minimum atomic E-state index is -0.577. The van der Waals surface area contributed by atoms with Gasteiger partial charge in [0.05, 0.1) is 27.2 Å². The van der Waals surface area contributed by atoms with E-state index in [1.807, 2.05) is 0 Å². The number of rotatable bonds is 18. The number of hydrogen-bond acceptors (Lipinski definition) is 2. The van der Waals surface area contributed by atoms with Crippen LogP contribution in [-0.2, 0) is 0 Å². The Morgan fingerprint density at radius 3 is 1.40 bits per heavy atom. The second-order valence-corrected chi connectivity index (χ2v) is 8.27. The maximum atomic E-state index is 9.54. The van der Waals surface area contributed by atoms with Gasteiger partial charge in [0.1, 0.15) is 12.6 Å². The van der Waals surface area contributed by atoms with Crippen LogP contribution in [0.5, 0.6) is 0 Å². The minimum Gasteiger partial charge on any atom is -1.00 e. The summed E-state index contributed by atoms with van der Waals surface area (Å²) < 4.78 is 0.806. The first-order valence-electron chi connectivity index (χ1n) is 10.6. The molecule has 1 atom stereocenters. The Kier molecular flexibility index (Phi) is 21.1. The van der Waals surface area contributed by atoms with Crippen LogP contribution in [0.3, 0.4) is 0 Å². The number of halogens is 1. The number of likely N-dealkylation sites (N-methyl/N-ethyl adjacent to an activating group) is 1. The smallest absolute Gasteiger partial charge is 0.126 e. The van der Waals surface area contributed by atoms with Crippen molar-refractivity contribution in [1.82, 2.24) is 0 Å². The molecule has 1 unspecified atom stereocenters. The summed E-state index contributed by atoms with van der Waals surface area (Å²) >= 11 is 0. The summed E-state index contributed by atoms with van der Waals surface area (Å²) in [7, 11) is 4.28. The Balaban J connectivity index is 0. The summed E-state index contributed by atoms with van der Waals surface area (Å²) in [5, 5.41) is 18.5. The Labute approximate surface area is 168 Å². The van der Waals surface area contributed by atoms with E-state index >= 15 is 0 Å². The molecule has 0 aromatic carbocycles. The third kappa shape index (κ3) is 20.5. The number of nitrogens with zero attached hydrogens (tertiary/aromatic N) is 1. The van der Waals surface area contributed by atoms with Gasteiger partial charge in [0.25, 0.3) is 0 Å². The highest BCUT2D eigenvalue weighted by molar-refractivity contribution is 4.52. The molecule has 0 aromatic heterocycles. The summed E-state index contributed by atoms with van der Waals surface area (Å²) in [6, 6.07) is 0. The quantitative estimate of drug-likeness (QED) is 0.261. The van der Waals surface area contributed by atoms with Crippen molar-refractivity contribution in [2.75, 3.05) is 33.8 Å². The minimum absolute atomic E-state index is 0. The van der Waals surface area contributed by atoms with Gasteiger partial charge in [-0.1, -0.05) is 84.0 Å². The van der Waals surface area contributed by atoms with E-state index in [0.717, 1.165) is 11.0 Å². The van der Waals surface area contributed by atoms with Crippen molar-refractivity contribution < 1.29 is 31.7 Å². The number of quaternary nitrogens is 1. The average Bonchev–Trinajstić information content (AvgIpc) is 2.54. The van der Waals surface area contributed by atoms with Crippen LogP contribution in [0.2, 0.25) is 0 Å². The largest absolute Gasteiger partial charge is 1.00 e. The Morgan fingerprint density at radius 1 is 0.680 bits per heavy atom. The average molecular weight is 425 g/mol. The van der Waals surface area contributed by atoms with Gasteiger partial charge in [-0.3, -0.25) is 0 Å². The van der Waals surface area contributed by atoms with Gasteiger partial charge < -0.3 is 31.7 Å². The first-order valence-corrected chi connectivity index (χ1v) is 10.6. The summed E-state index contributed by atoms with van der Waals surface area (Å²) in [5.74, 6) is 0. The zero-order chi connectivity index (χ0) is 18.1. The lowest BCUT2D eigenvalue weighted by molar-refractivity contribution is -0.893. The molecule has 0 aliphatic carbocycles. The molecular weight excluding hydrogens is 378 g/mol. The van der Waals surface area contributed by atoms with Gasteiger partial charge >= 0.3 is 0 Å². The van der Waals surface area contributed by atoms with Crippen LogP contribution in [0.4, 0.5) is 0 Å². The van der Waals surface area contributed by atoms with Crippen molar-refractivity contribution in [1.29, 1.82) is 0 Å². The number of aliphatic hydroxyl groups excluding tert-OH is 2. The number of aliphatic hydroxyl groups is 2. The van der Waals surface area contributed by atoms with Crippen molar-refractivity contribution in [3.8, 4) is 0 Å². The molecule has 0 aliphatic heterocycles. The third-order valence-corrected chi connectivity index (χ3v) is 5.03. The number of unbranched alkanes of at least 4 members (excludes halogenated alkanes) is 13. The second kappa shape index (κ2) is 19.1. The maximum absolute atomic E-state index is 9.54. The fourth-order valence-electron chi connectivity index (χ4n) is 3.45. The molecule has 2 N–H and O–H groups in total. The maximum Gasteiger partial charge on any atom is 0.126 e. The third-order valence-electron chi connectivity index (χ3n) is 5.03. The van der Waals surface area contributed by atoms with E-state index in [0.29, 0.717) is 6.54 Å². The van der Waals surface area contributed by atoms with Gasteiger partial charge in [-0.15, -0.1) is 0 Å². The lowest BCUT2D eigenvalue weighted by Gasteiger charge is -2.31. The van der Waals surface area contributed by atoms with Crippen LogP contribution < -0.4 is 17.0 Å². The fourth-order valence-corrected chi connectivity index (χ4v) is 3.45. The molecule has 0 fully saturated rings. The van der Waals surface area contributed by atoms with Crippen LogP contribution in [-0.4, -0.2) is 54.6 Å². The highest BCUT2D eigenvalue weighted by Crippen LogP contribution is 2.13. The summed E-state index contributed by atoms with van der Waals surface area (Å²) in [4.78, 5) is 0. The Morgan fingerprint density at radius 2 is 1.04 bits per heavy atom. The topological polar surface area (TPSA) is 40.5 Å². The predicted octanol–water partition coefficient (Wildman–Crippen LogP) is 1.90. The molecule has 0 heterocycles. The van der Waals surface area contributed by atoms with E-state index < -0.39 is 6.10 Å². The van der Waals surface area contributed by atoms with Crippen LogP contribution in [0, 0.1) is 0 Å². The van der Waals surface area contributed by atoms with Gasteiger partial charge in [-0.05, 0) is 12.8 Å². The van der Waals surface area contributed by atoms with E-state index in [1.54, 1.807) is 0 Å². The molecule has 0 amide bonds. The molecule has 0 rings (SSSR count). The highest BCUT2D eigenvalue weighted by atomic mass is 79.9. The lowest BCUT2D eigenvalue weighted by atomic mass is 10.0. The van der Waals surface area contributed by atoms with Gasteiger partial charge in [-0.25, -0.2) is 0 Å². The fraction of sp³-hybridized carbons (Fsp3) is 1.00. The molecule has 4 heteroatoms. The van der Waals surface area contributed by atoms with Crippen LogP contribution in [0.15, 0.2) is 0 Å². The van der Waals surface area contributed by atoms with Gasteiger partial charge in [-0.2, -0.15) is 0 Å². The zero-order valence-corrected chi connectivity index (χ0v) is 18.9. The molecule has 0 aromatic rings. The Hall–Kier alpha value is 0.360. The molecule has 0 saturated carbocycles. The first kappa shape index (κ1) is 27.6. The molecule has 154 valence electrons. The Bertz CT molecular complexity index is 262. The van der Waals surface area contributed by atoms with E-state index in [2.05, 4.69) is 21.0 Å². The van der Waals surface area contributed by atoms with Crippen molar-refractivity contribution in [3.05, 3.63) is 0 Å². The summed E-state index contributed by atoms with van der Waals surface area (Å²) in [6.45, 7) is 3.90. The monoisotopic (exact) mass is 423 g/mol. The summed E-state index contributed by atoms with van der Waals surface area (Å²) in [5.41, 5.74) is 0. The normalized spacial score (nSPS) is 12.8. The second-order valence-electron chi connectivity index (χ2n) is 8.27. The van der Waals surface area contributed by atoms with Crippen LogP contribution in [0.1, 0.15) is 96.8 Å². The van der Waals surface area contributed by atoms with E-state index in [-0.39, 0.29) is 23.6 Å². The molecule has 0 saturated heterocycles. The van der Waals surface area contributed by atoms with Crippen molar-refractivity contribution >= 4 is 0 Å². The molecule has 0 aliphatic rings. The van der Waals surface area contributed by atoms with Crippen molar-refractivity contribution in [2.45, 2.75) is 103 Å². The van der Waals surface area contributed by atoms with Gasteiger partial charge in [0, 0.05) is 0 Å². The van der Waals surface area contributed by atoms with E-state index in [1.165, 1.54) is 89.9 Å². The molecule has 0 bridgehead atoms. The first-order chi connectivity index (χ1) is 11.5. The van der Waals surface area contributed by atoms with Crippen LogP contribution in [0.25, 0.3) is 0 Å². The van der Waals surface area contributed by atoms with Crippen molar-refractivity contribution in [2.24, 2.45) is 0 Å². The van der Waals surface area contributed by atoms with Gasteiger partial charge in [0.2, 0.25) is 0 Å². The SMILES string of the molecule is CCCCCCCCCCCCCCCC[N+](C)(C)CC(O)CO.[Br-]. The lowest BCUT2D eigenvalue weighted by Crippen LogP contribution is -3.00. The predicted molar refractivity (Wildman–Crippen MR) is 105 cm³/mol. The standard InChI is InChI=1S/C21H46NO2.BrH/c1-4-5-6-7-8-9-10-11-12-13-14-15-16-17-18-22(2,3)19-21(24)20-23;/h21,23-24H,4-20H2,1-3H3;1H/q+1;/p-1. The molecular formula is C21H46BrNO2. The molecule has 3 nitrogen and oxygen atoms in total. The van der Waals surface area contributed by atoms with Gasteiger partial charge in [0.15, 0.2) is 0 Å². The highest BCUT2D eigenvalue weighted by Gasteiger charge is 2.19. The number of hydrogen-bond donors (Lipinski definition) is 2. The molecule has 25 heavy (non-hydrogen) atoms. The van der Waals surface area contributed by atoms with Crippen molar-refractivity contribution in [3.63, 3.8) is 0 Å². The van der Waals surface area contributed by atoms with E-state index in [9.17, 15) is 5.11 Å². The van der Waals surface area contributed by atoms with E-state index in [4.69, 9.17) is 5.11 Å². The summed E-state index contributed by atoms with van der Waals surface area (Å²) in [6.07, 6.45) is 18.9. The van der Waals surface area contributed by atoms with Crippen LogP contribution >= 0.6 is 0 Å². The zero-order valence-electron chi connectivity index (χ0n) is 17.3.